The summed E-state index contributed by atoms with van der Waals surface area (Å²) in [5, 5.41) is 9.04. The van der Waals surface area contributed by atoms with Crippen LogP contribution in [0.3, 0.4) is 0 Å². The second kappa shape index (κ2) is 11.9. The molecular formula is C10H26N2O. The molecule has 1 rings (SSSR count). The van der Waals surface area contributed by atoms with Crippen LogP contribution in [0.1, 0.15) is 34.1 Å². The van der Waals surface area contributed by atoms with E-state index in [0.717, 1.165) is 26.1 Å². The van der Waals surface area contributed by atoms with Crippen molar-refractivity contribution in [3.05, 3.63) is 0 Å². The largest absolute Gasteiger partial charge is 0.392 e. The Morgan fingerprint density at radius 3 is 2.15 bits per heavy atom. The van der Waals surface area contributed by atoms with Gasteiger partial charge in [-0.15, -0.1) is 0 Å². The lowest BCUT2D eigenvalue weighted by Crippen LogP contribution is -2.27. The molecule has 1 heterocycles. The van der Waals surface area contributed by atoms with Crippen molar-refractivity contribution in [2.24, 2.45) is 5.73 Å². The summed E-state index contributed by atoms with van der Waals surface area (Å²) in [5.41, 5.74) is 5.33. The van der Waals surface area contributed by atoms with Crippen LogP contribution in [0, 0.1) is 0 Å². The maximum atomic E-state index is 9.04. The molecule has 1 atom stereocenters. The molecule has 1 unspecified atom stereocenters. The molecule has 3 nitrogen and oxygen atoms in total. The monoisotopic (exact) mass is 190 g/mol. The standard InChI is InChI=1S/C6H14N2O.2C2H6/c7-2-4-8-3-1-6(9)5-8;2*1-2/h6,9H,1-5,7H2;2*1-2H3. The lowest BCUT2D eigenvalue weighted by molar-refractivity contribution is 0.177. The van der Waals surface area contributed by atoms with Gasteiger partial charge in [0.25, 0.3) is 0 Å². The number of nitrogens with two attached hydrogens (primary N) is 1. The summed E-state index contributed by atoms with van der Waals surface area (Å²) in [7, 11) is 0. The minimum Gasteiger partial charge on any atom is -0.392 e. The quantitative estimate of drug-likeness (QED) is 0.684. The number of hydrogen-bond acceptors (Lipinski definition) is 3. The molecule has 1 aliphatic rings. The summed E-state index contributed by atoms with van der Waals surface area (Å²) in [4.78, 5) is 2.19. The maximum Gasteiger partial charge on any atom is 0.0679 e. The fourth-order valence-electron chi connectivity index (χ4n) is 1.20. The van der Waals surface area contributed by atoms with Gasteiger partial charge in [-0.2, -0.15) is 0 Å². The van der Waals surface area contributed by atoms with Crippen LogP contribution in [0.15, 0.2) is 0 Å². The smallest absolute Gasteiger partial charge is 0.0679 e. The first kappa shape index (κ1) is 15.4. The zero-order valence-corrected chi connectivity index (χ0v) is 9.58. The predicted molar refractivity (Wildman–Crippen MR) is 58.8 cm³/mol. The molecule has 0 amide bonds. The van der Waals surface area contributed by atoms with Crippen molar-refractivity contribution >= 4 is 0 Å². The van der Waals surface area contributed by atoms with E-state index in [2.05, 4.69) is 4.90 Å². The highest BCUT2D eigenvalue weighted by Crippen LogP contribution is 2.06. The van der Waals surface area contributed by atoms with Gasteiger partial charge in [-0.25, -0.2) is 0 Å². The van der Waals surface area contributed by atoms with Crippen molar-refractivity contribution < 1.29 is 5.11 Å². The van der Waals surface area contributed by atoms with E-state index in [9.17, 15) is 0 Å². The molecule has 0 spiro atoms. The zero-order chi connectivity index (χ0) is 10.7. The van der Waals surface area contributed by atoms with E-state index in [1.807, 2.05) is 27.7 Å². The van der Waals surface area contributed by atoms with Gasteiger partial charge in [0, 0.05) is 26.2 Å². The molecule has 0 radical (unpaired) electrons. The first-order valence-electron chi connectivity index (χ1n) is 5.43. The predicted octanol–water partition coefficient (Wildman–Crippen LogP) is 1.06. The molecule has 0 saturated carbocycles. The van der Waals surface area contributed by atoms with Crippen LogP contribution in [-0.2, 0) is 0 Å². The second-order valence-electron chi connectivity index (χ2n) is 2.53. The van der Waals surface area contributed by atoms with Crippen molar-refractivity contribution in [1.82, 2.24) is 4.90 Å². The Morgan fingerprint density at radius 2 is 1.85 bits per heavy atom. The normalized spacial score (nSPS) is 21.2. The van der Waals surface area contributed by atoms with Gasteiger partial charge in [0.05, 0.1) is 6.10 Å². The summed E-state index contributed by atoms with van der Waals surface area (Å²) in [6.07, 6.45) is 0.816. The third-order valence-corrected chi connectivity index (χ3v) is 1.69. The van der Waals surface area contributed by atoms with Gasteiger partial charge in [-0.1, -0.05) is 27.7 Å². The van der Waals surface area contributed by atoms with E-state index in [1.165, 1.54) is 0 Å². The highest BCUT2D eigenvalue weighted by molar-refractivity contribution is 4.73. The van der Waals surface area contributed by atoms with Crippen LogP contribution in [0.5, 0.6) is 0 Å². The Bertz CT molecular complexity index is 87.0. The molecule has 0 aliphatic carbocycles. The minimum absolute atomic E-state index is 0.100. The average molecular weight is 190 g/mol. The third-order valence-electron chi connectivity index (χ3n) is 1.69. The Balaban J connectivity index is 0. The summed E-state index contributed by atoms with van der Waals surface area (Å²) >= 11 is 0. The maximum absolute atomic E-state index is 9.04. The summed E-state index contributed by atoms with van der Waals surface area (Å²) in [5.74, 6) is 0. The van der Waals surface area contributed by atoms with Crippen LogP contribution in [-0.4, -0.2) is 42.3 Å². The number of likely N-dealkylation sites (tertiary alicyclic amines) is 1. The van der Waals surface area contributed by atoms with Crippen LogP contribution in [0.25, 0.3) is 0 Å². The second-order valence-corrected chi connectivity index (χ2v) is 2.53. The van der Waals surface area contributed by atoms with Crippen molar-refractivity contribution in [3.63, 3.8) is 0 Å². The number of β-amino-alcohol motifs (C(OH)–C–C–N with tert-alkyl or cyclic N) is 1. The lowest BCUT2D eigenvalue weighted by atomic mass is 10.3. The fraction of sp³-hybridized carbons (Fsp3) is 1.00. The summed E-state index contributed by atoms with van der Waals surface area (Å²) in [6.45, 7) is 11.5. The van der Waals surface area contributed by atoms with Gasteiger partial charge in [-0.05, 0) is 6.42 Å². The molecule has 13 heavy (non-hydrogen) atoms. The molecule has 0 aromatic carbocycles. The summed E-state index contributed by atoms with van der Waals surface area (Å²) < 4.78 is 0. The van der Waals surface area contributed by atoms with Gasteiger partial charge >= 0.3 is 0 Å². The van der Waals surface area contributed by atoms with E-state index in [1.54, 1.807) is 0 Å². The first-order chi connectivity index (χ1) is 6.33. The van der Waals surface area contributed by atoms with E-state index < -0.39 is 0 Å². The molecule has 1 fully saturated rings. The number of nitrogens with zero attached hydrogens (tertiary/aromatic N) is 1. The molecule has 0 aromatic rings. The molecule has 82 valence electrons. The zero-order valence-electron chi connectivity index (χ0n) is 9.58. The topological polar surface area (TPSA) is 49.5 Å². The first-order valence-corrected chi connectivity index (χ1v) is 5.43. The number of rotatable bonds is 2. The highest BCUT2D eigenvalue weighted by atomic mass is 16.3. The van der Waals surface area contributed by atoms with Crippen LogP contribution < -0.4 is 5.73 Å². The Labute approximate surface area is 82.9 Å². The van der Waals surface area contributed by atoms with Gasteiger partial charge in [0.1, 0.15) is 0 Å². The van der Waals surface area contributed by atoms with Crippen molar-refractivity contribution in [1.29, 1.82) is 0 Å². The Hall–Kier alpha value is -0.120. The van der Waals surface area contributed by atoms with Crippen molar-refractivity contribution in [2.45, 2.75) is 40.2 Å². The van der Waals surface area contributed by atoms with Crippen LogP contribution in [0.2, 0.25) is 0 Å². The molecular weight excluding hydrogens is 164 g/mol. The molecule has 1 aliphatic heterocycles. The minimum atomic E-state index is -0.100. The third kappa shape index (κ3) is 8.22. The van der Waals surface area contributed by atoms with E-state index in [4.69, 9.17) is 10.8 Å². The van der Waals surface area contributed by atoms with Crippen LogP contribution >= 0.6 is 0 Å². The number of aliphatic hydroxyl groups excluding tert-OH is 1. The lowest BCUT2D eigenvalue weighted by Gasteiger charge is -2.11. The average Bonchev–Trinajstić information content (AvgIpc) is 2.59. The van der Waals surface area contributed by atoms with E-state index in [-0.39, 0.29) is 6.10 Å². The van der Waals surface area contributed by atoms with Crippen molar-refractivity contribution in [3.8, 4) is 0 Å². The van der Waals surface area contributed by atoms with Gasteiger partial charge in [0.15, 0.2) is 0 Å². The van der Waals surface area contributed by atoms with Gasteiger partial charge in [0.2, 0.25) is 0 Å². The molecule has 0 aromatic heterocycles. The Morgan fingerprint density at radius 1 is 1.31 bits per heavy atom. The molecule has 1 saturated heterocycles. The summed E-state index contributed by atoms with van der Waals surface area (Å²) in [6, 6.07) is 0. The van der Waals surface area contributed by atoms with Crippen molar-refractivity contribution in [2.75, 3.05) is 26.2 Å². The van der Waals surface area contributed by atoms with Gasteiger partial charge in [-0.3, -0.25) is 4.90 Å². The van der Waals surface area contributed by atoms with Gasteiger partial charge < -0.3 is 10.8 Å². The van der Waals surface area contributed by atoms with E-state index in [0.29, 0.717) is 6.54 Å². The molecule has 3 N–H and O–H groups in total. The van der Waals surface area contributed by atoms with E-state index >= 15 is 0 Å². The Kier molecular flexibility index (Phi) is 14.0. The fourth-order valence-corrected chi connectivity index (χ4v) is 1.20. The molecule has 3 heteroatoms. The SMILES string of the molecule is CC.CC.NCCN1CCC(O)C1. The highest BCUT2D eigenvalue weighted by Gasteiger charge is 2.18. The molecule has 0 bridgehead atoms. The number of hydrogen-bond donors (Lipinski definition) is 2. The number of aliphatic hydroxyl groups is 1. The van der Waals surface area contributed by atoms with Crippen LogP contribution in [0.4, 0.5) is 0 Å².